The molecule has 0 bridgehead atoms. The van der Waals surface area contributed by atoms with E-state index in [1.165, 1.54) is 11.4 Å². The molecule has 2 atom stereocenters. The maximum absolute atomic E-state index is 11.5. The van der Waals surface area contributed by atoms with Gasteiger partial charge in [0, 0.05) is 23.5 Å². The third-order valence-corrected chi connectivity index (χ3v) is 3.06. The predicted molar refractivity (Wildman–Crippen MR) is 54.8 cm³/mol. The molecule has 0 aromatic carbocycles. The molecule has 1 aliphatic carbocycles. The standard InChI is InChI=1S/C8H9N3O3S/c9-5-2-6(5)10-8(12)4-1-7(11(13)14)15-3-4/h1,3,5-6H,2,9H2,(H,10,12). The first kappa shape index (κ1) is 10.1. The number of carbonyl (C=O) groups is 1. The number of thiophene rings is 1. The molecule has 1 saturated carbocycles. The third kappa shape index (κ3) is 2.13. The first-order valence-corrected chi connectivity index (χ1v) is 5.25. The highest BCUT2D eigenvalue weighted by molar-refractivity contribution is 7.13. The van der Waals surface area contributed by atoms with Gasteiger partial charge in [-0.2, -0.15) is 0 Å². The maximum Gasteiger partial charge on any atom is 0.324 e. The summed E-state index contributed by atoms with van der Waals surface area (Å²) in [5, 5.41) is 14.5. The summed E-state index contributed by atoms with van der Waals surface area (Å²) in [6.45, 7) is 0. The van der Waals surface area contributed by atoms with Gasteiger partial charge in [-0.05, 0) is 6.42 Å². The van der Waals surface area contributed by atoms with E-state index in [1.807, 2.05) is 0 Å². The Morgan fingerprint density at radius 2 is 2.40 bits per heavy atom. The molecule has 1 aliphatic rings. The fourth-order valence-corrected chi connectivity index (χ4v) is 1.88. The molecule has 0 radical (unpaired) electrons. The van der Waals surface area contributed by atoms with Crippen LogP contribution < -0.4 is 11.1 Å². The van der Waals surface area contributed by atoms with Gasteiger partial charge < -0.3 is 11.1 Å². The molecule has 7 heteroatoms. The molecule has 1 amide bonds. The van der Waals surface area contributed by atoms with Crippen molar-refractivity contribution in [3.8, 4) is 0 Å². The van der Waals surface area contributed by atoms with Gasteiger partial charge >= 0.3 is 5.00 Å². The highest BCUT2D eigenvalue weighted by Crippen LogP contribution is 2.24. The Balaban J connectivity index is 2.02. The molecule has 1 fully saturated rings. The van der Waals surface area contributed by atoms with Gasteiger partial charge in [0.1, 0.15) is 0 Å². The Kier molecular flexibility index (Phi) is 2.41. The second-order valence-electron chi connectivity index (χ2n) is 3.41. The zero-order chi connectivity index (χ0) is 11.0. The van der Waals surface area contributed by atoms with Crippen LogP contribution in [0.2, 0.25) is 0 Å². The van der Waals surface area contributed by atoms with Crippen LogP contribution in [0.5, 0.6) is 0 Å². The monoisotopic (exact) mass is 227 g/mol. The maximum atomic E-state index is 11.5. The Morgan fingerprint density at radius 3 is 2.87 bits per heavy atom. The van der Waals surface area contributed by atoms with E-state index in [2.05, 4.69) is 5.32 Å². The Hall–Kier alpha value is -1.47. The average Bonchev–Trinajstić information content (AvgIpc) is 2.71. The smallest absolute Gasteiger partial charge is 0.324 e. The normalized spacial score (nSPS) is 23.5. The number of nitrogens with zero attached hydrogens (tertiary/aromatic N) is 1. The molecule has 1 heterocycles. The van der Waals surface area contributed by atoms with E-state index < -0.39 is 4.92 Å². The minimum absolute atomic E-state index is 0.0245. The van der Waals surface area contributed by atoms with Gasteiger partial charge in [-0.3, -0.25) is 14.9 Å². The zero-order valence-electron chi connectivity index (χ0n) is 7.67. The molecule has 80 valence electrons. The van der Waals surface area contributed by atoms with Crippen LogP contribution in [0.25, 0.3) is 0 Å². The molecule has 1 aromatic rings. The molecule has 6 nitrogen and oxygen atoms in total. The average molecular weight is 227 g/mol. The van der Waals surface area contributed by atoms with Gasteiger partial charge in [0.05, 0.1) is 10.5 Å². The molecule has 0 spiro atoms. The third-order valence-electron chi connectivity index (χ3n) is 2.18. The van der Waals surface area contributed by atoms with E-state index in [4.69, 9.17) is 5.73 Å². The Labute approximate surface area is 89.2 Å². The van der Waals surface area contributed by atoms with Crippen LogP contribution in [-0.4, -0.2) is 22.9 Å². The first-order chi connectivity index (χ1) is 7.08. The van der Waals surface area contributed by atoms with Gasteiger partial charge in [0.15, 0.2) is 0 Å². The topological polar surface area (TPSA) is 98.3 Å². The van der Waals surface area contributed by atoms with Crippen molar-refractivity contribution in [2.24, 2.45) is 5.73 Å². The van der Waals surface area contributed by atoms with Crippen LogP contribution in [0.3, 0.4) is 0 Å². The van der Waals surface area contributed by atoms with Crippen molar-refractivity contribution < 1.29 is 9.72 Å². The van der Waals surface area contributed by atoms with E-state index in [0.717, 1.165) is 17.8 Å². The lowest BCUT2D eigenvalue weighted by Crippen LogP contribution is -2.29. The largest absolute Gasteiger partial charge is 0.348 e. The van der Waals surface area contributed by atoms with Gasteiger partial charge in [-0.25, -0.2) is 0 Å². The quantitative estimate of drug-likeness (QED) is 0.579. The summed E-state index contributed by atoms with van der Waals surface area (Å²) in [6, 6.07) is 1.33. The number of rotatable bonds is 3. The Bertz CT molecular complexity index is 417. The summed E-state index contributed by atoms with van der Waals surface area (Å²) in [6.07, 6.45) is 0.776. The van der Waals surface area contributed by atoms with Crippen molar-refractivity contribution in [2.75, 3.05) is 0 Å². The second kappa shape index (κ2) is 3.59. The molecule has 0 aliphatic heterocycles. The van der Waals surface area contributed by atoms with Crippen molar-refractivity contribution in [1.82, 2.24) is 5.32 Å². The molecular formula is C8H9N3O3S. The van der Waals surface area contributed by atoms with E-state index in [-0.39, 0.29) is 23.0 Å². The van der Waals surface area contributed by atoms with Crippen LogP contribution >= 0.6 is 11.3 Å². The van der Waals surface area contributed by atoms with Crippen molar-refractivity contribution in [3.05, 3.63) is 27.1 Å². The number of nitrogens with two attached hydrogens (primary N) is 1. The number of hydrogen-bond acceptors (Lipinski definition) is 5. The summed E-state index contributed by atoms with van der Waals surface area (Å²) in [4.78, 5) is 21.4. The molecule has 0 saturated heterocycles. The summed E-state index contributed by atoms with van der Waals surface area (Å²) in [5.74, 6) is -0.294. The number of amides is 1. The van der Waals surface area contributed by atoms with Crippen LogP contribution in [0.15, 0.2) is 11.4 Å². The second-order valence-corrected chi connectivity index (χ2v) is 4.30. The van der Waals surface area contributed by atoms with Gasteiger partial charge in [0.25, 0.3) is 5.91 Å². The highest BCUT2D eigenvalue weighted by atomic mass is 32.1. The first-order valence-electron chi connectivity index (χ1n) is 4.37. The predicted octanol–water partition coefficient (Wildman–Crippen LogP) is 0.486. The van der Waals surface area contributed by atoms with E-state index in [9.17, 15) is 14.9 Å². The van der Waals surface area contributed by atoms with Gasteiger partial charge in [-0.1, -0.05) is 11.3 Å². The fraction of sp³-hybridized carbons (Fsp3) is 0.375. The molecule has 2 rings (SSSR count). The minimum atomic E-state index is -0.510. The number of nitro groups is 1. The lowest BCUT2D eigenvalue weighted by atomic mass is 10.3. The summed E-state index contributed by atoms with van der Waals surface area (Å²) in [7, 11) is 0. The highest BCUT2D eigenvalue weighted by Gasteiger charge is 2.35. The van der Waals surface area contributed by atoms with Gasteiger partial charge in [0.2, 0.25) is 0 Å². The summed E-state index contributed by atoms with van der Waals surface area (Å²) in [5.41, 5.74) is 5.85. The van der Waals surface area contributed by atoms with Crippen molar-refractivity contribution >= 4 is 22.2 Å². The summed E-state index contributed by atoms with van der Waals surface area (Å²) < 4.78 is 0. The number of nitrogens with one attached hydrogen (secondary N) is 1. The molecule has 1 aromatic heterocycles. The Morgan fingerprint density at radius 1 is 1.73 bits per heavy atom. The molecular weight excluding hydrogens is 218 g/mol. The molecule has 3 N–H and O–H groups in total. The van der Waals surface area contributed by atoms with E-state index >= 15 is 0 Å². The number of carbonyl (C=O) groups excluding carboxylic acids is 1. The lowest BCUT2D eigenvalue weighted by molar-refractivity contribution is -0.380. The van der Waals surface area contributed by atoms with E-state index in [1.54, 1.807) is 0 Å². The summed E-state index contributed by atoms with van der Waals surface area (Å²) >= 11 is 0.943. The van der Waals surface area contributed by atoms with Crippen LogP contribution in [-0.2, 0) is 0 Å². The zero-order valence-corrected chi connectivity index (χ0v) is 8.49. The number of hydrogen-bond donors (Lipinski definition) is 2. The van der Waals surface area contributed by atoms with E-state index in [0.29, 0.717) is 5.56 Å². The van der Waals surface area contributed by atoms with Crippen molar-refractivity contribution in [3.63, 3.8) is 0 Å². The van der Waals surface area contributed by atoms with Crippen molar-refractivity contribution in [2.45, 2.75) is 18.5 Å². The van der Waals surface area contributed by atoms with Gasteiger partial charge in [-0.15, -0.1) is 0 Å². The fourth-order valence-electron chi connectivity index (χ4n) is 1.17. The molecule has 15 heavy (non-hydrogen) atoms. The van der Waals surface area contributed by atoms with Crippen LogP contribution in [0.4, 0.5) is 5.00 Å². The van der Waals surface area contributed by atoms with Crippen LogP contribution in [0.1, 0.15) is 16.8 Å². The van der Waals surface area contributed by atoms with Crippen molar-refractivity contribution in [1.29, 1.82) is 0 Å². The minimum Gasteiger partial charge on any atom is -0.348 e. The van der Waals surface area contributed by atoms with Crippen LogP contribution in [0, 0.1) is 10.1 Å². The lowest BCUT2D eigenvalue weighted by Gasteiger charge is -1.99. The molecule has 2 unspecified atom stereocenters. The SMILES string of the molecule is NC1CC1NC(=O)c1csc([N+](=O)[O-])c1.